The van der Waals surface area contributed by atoms with Gasteiger partial charge in [0.05, 0.1) is 6.10 Å². The van der Waals surface area contributed by atoms with E-state index in [0.29, 0.717) is 6.54 Å². The first-order chi connectivity index (χ1) is 7.79. The van der Waals surface area contributed by atoms with Gasteiger partial charge in [-0.1, -0.05) is 6.42 Å². The van der Waals surface area contributed by atoms with E-state index in [1.807, 2.05) is 20.8 Å². The van der Waals surface area contributed by atoms with Gasteiger partial charge < -0.3 is 14.7 Å². The summed E-state index contributed by atoms with van der Waals surface area (Å²) in [5.74, 6) is 0.171. The van der Waals surface area contributed by atoms with Gasteiger partial charge in [0.1, 0.15) is 5.60 Å². The van der Waals surface area contributed by atoms with E-state index in [1.165, 1.54) is 0 Å². The van der Waals surface area contributed by atoms with Crippen LogP contribution in [0.25, 0.3) is 0 Å². The van der Waals surface area contributed by atoms with Gasteiger partial charge in [0.25, 0.3) is 0 Å². The number of carbonyl (C=O) groups is 1. The lowest BCUT2D eigenvalue weighted by Gasteiger charge is -2.29. The van der Waals surface area contributed by atoms with Crippen molar-refractivity contribution < 1.29 is 14.6 Å². The van der Waals surface area contributed by atoms with Crippen LogP contribution < -0.4 is 0 Å². The molecule has 0 radical (unpaired) electrons. The second-order valence-corrected chi connectivity index (χ2v) is 5.92. The van der Waals surface area contributed by atoms with E-state index in [4.69, 9.17) is 4.74 Å². The average molecular weight is 243 g/mol. The second-order valence-electron chi connectivity index (χ2n) is 5.92. The highest BCUT2D eigenvalue weighted by Crippen LogP contribution is 2.21. The standard InChI is InChI=1S/C13H25NO3/c1-10(15)11-7-5-6-8-14(9-11)12(16)17-13(2,3)4/h10-11,15H,5-9H2,1-4H3/t10-,11?/m0/s1. The summed E-state index contributed by atoms with van der Waals surface area (Å²) in [5.41, 5.74) is -0.455. The molecular formula is C13H25NO3. The molecule has 1 saturated heterocycles. The maximum absolute atomic E-state index is 12.0. The fraction of sp³-hybridized carbons (Fsp3) is 0.923. The van der Waals surface area contributed by atoms with Crippen LogP contribution in [-0.2, 0) is 4.74 Å². The predicted molar refractivity (Wildman–Crippen MR) is 66.8 cm³/mol. The molecule has 0 saturated carbocycles. The monoisotopic (exact) mass is 243 g/mol. The Hall–Kier alpha value is -0.770. The molecule has 2 atom stereocenters. The van der Waals surface area contributed by atoms with Crippen LogP contribution in [0.2, 0.25) is 0 Å². The molecule has 100 valence electrons. The molecule has 4 heteroatoms. The topological polar surface area (TPSA) is 49.8 Å². The fourth-order valence-electron chi connectivity index (χ4n) is 2.06. The van der Waals surface area contributed by atoms with E-state index in [2.05, 4.69) is 0 Å². The van der Waals surface area contributed by atoms with Crippen molar-refractivity contribution in [3.05, 3.63) is 0 Å². The van der Waals surface area contributed by atoms with Gasteiger partial charge in [0, 0.05) is 19.0 Å². The Labute approximate surface area is 104 Å². The number of carbonyl (C=O) groups excluding carboxylic acids is 1. The van der Waals surface area contributed by atoms with Gasteiger partial charge in [-0.3, -0.25) is 0 Å². The van der Waals surface area contributed by atoms with Crippen LogP contribution in [0.4, 0.5) is 4.79 Å². The van der Waals surface area contributed by atoms with E-state index in [1.54, 1.807) is 11.8 Å². The zero-order chi connectivity index (χ0) is 13.1. The number of ether oxygens (including phenoxy) is 1. The summed E-state index contributed by atoms with van der Waals surface area (Å²) < 4.78 is 5.37. The number of rotatable bonds is 1. The van der Waals surface area contributed by atoms with Crippen molar-refractivity contribution in [2.75, 3.05) is 13.1 Å². The zero-order valence-corrected chi connectivity index (χ0v) is 11.4. The van der Waals surface area contributed by atoms with Gasteiger partial charge in [-0.05, 0) is 40.5 Å². The predicted octanol–water partition coefficient (Wildman–Crippen LogP) is 2.40. The minimum atomic E-state index is -0.455. The Balaban J connectivity index is 2.59. The van der Waals surface area contributed by atoms with Gasteiger partial charge >= 0.3 is 6.09 Å². The molecular weight excluding hydrogens is 218 g/mol. The van der Waals surface area contributed by atoms with E-state index in [0.717, 1.165) is 25.8 Å². The maximum atomic E-state index is 12.0. The normalized spacial score (nSPS) is 24.1. The van der Waals surface area contributed by atoms with Crippen LogP contribution in [0, 0.1) is 5.92 Å². The van der Waals surface area contributed by atoms with Crippen molar-refractivity contribution in [3.8, 4) is 0 Å². The number of likely N-dealkylation sites (tertiary alicyclic amines) is 1. The number of nitrogens with zero attached hydrogens (tertiary/aromatic N) is 1. The van der Waals surface area contributed by atoms with Crippen molar-refractivity contribution in [3.63, 3.8) is 0 Å². The lowest BCUT2D eigenvalue weighted by atomic mass is 9.98. The molecule has 1 rings (SSSR count). The van der Waals surface area contributed by atoms with Crippen molar-refractivity contribution in [2.45, 2.75) is 58.7 Å². The molecule has 0 aliphatic carbocycles. The third kappa shape index (κ3) is 4.94. The lowest BCUT2D eigenvalue weighted by Crippen LogP contribution is -2.40. The summed E-state index contributed by atoms with van der Waals surface area (Å²) in [6.45, 7) is 8.74. The third-order valence-electron chi connectivity index (χ3n) is 3.04. The largest absolute Gasteiger partial charge is 0.444 e. The number of amides is 1. The minimum Gasteiger partial charge on any atom is -0.444 e. The summed E-state index contributed by atoms with van der Waals surface area (Å²) in [5, 5.41) is 9.66. The first-order valence-electron chi connectivity index (χ1n) is 6.45. The van der Waals surface area contributed by atoms with Gasteiger partial charge in [0.15, 0.2) is 0 Å². The summed E-state index contributed by atoms with van der Waals surface area (Å²) in [7, 11) is 0. The van der Waals surface area contributed by atoms with Crippen LogP contribution in [0.5, 0.6) is 0 Å². The van der Waals surface area contributed by atoms with Crippen molar-refractivity contribution in [2.24, 2.45) is 5.92 Å². The Bertz CT molecular complexity index is 258. The van der Waals surface area contributed by atoms with Crippen LogP contribution in [0.15, 0.2) is 0 Å². The van der Waals surface area contributed by atoms with Gasteiger partial charge in [-0.15, -0.1) is 0 Å². The highest BCUT2D eigenvalue weighted by Gasteiger charge is 2.27. The highest BCUT2D eigenvalue weighted by atomic mass is 16.6. The van der Waals surface area contributed by atoms with Crippen molar-refractivity contribution >= 4 is 6.09 Å². The number of hydrogen-bond acceptors (Lipinski definition) is 3. The average Bonchev–Trinajstić information content (AvgIpc) is 2.39. The van der Waals surface area contributed by atoms with E-state index < -0.39 is 5.60 Å². The molecule has 1 N–H and O–H groups in total. The maximum Gasteiger partial charge on any atom is 0.410 e. The molecule has 0 spiro atoms. The van der Waals surface area contributed by atoms with Crippen LogP contribution in [0.3, 0.4) is 0 Å². The number of hydrogen-bond donors (Lipinski definition) is 1. The lowest BCUT2D eigenvalue weighted by molar-refractivity contribution is 0.0181. The Kier molecular flexibility index (Phi) is 4.80. The number of aliphatic hydroxyl groups excluding tert-OH is 1. The molecule has 0 bridgehead atoms. The van der Waals surface area contributed by atoms with Crippen LogP contribution in [0.1, 0.15) is 47.0 Å². The molecule has 1 heterocycles. The van der Waals surface area contributed by atoms with E-state index >= 15 is 0 Å². The molecule has 0 aromatic heterocycles. The van der Waals surface area contributed by atoms with Gasteiger partial charge in [0.2, 0.25) is 0 Å². The highest BCUT2D eigenvalue weighted by molar-refractivity contribution is 5.68. The van der Waals surface area contributed by atoms with Crippen molar-refractivity contribution in [1.29, 1.82) is 0 Å². The molecule has 1 fully saturated rings. The zero-order valence-electron chi connectivity index (χ0n) is 11.4. The number of aliphatic hydroxyl groups is 1. The molecule has 0 aromatic carbocycles. The summed E-state index contributed by atoms with van der Waals surface area (Å²) in [4.78, 5) is 13.7. The van der Waals surface area contributed by atoms with E-state index in [9.17, 15) is 9.90 Å². The van der Waals surface area contributed by atoms with Crippen LogP contribution >= 0.6 is 0 Å². The SMILES string of the molecule is C[C@H](O)C1CCCCN(C(=O)OC(C)(C)C)C1. The minimum absolute atomic E-state index is 0.171. The third-order valence-corrected chi connectivity index (χ3v) is 3.04. The molecule has 1 aliphatic rings. The van der Waals surface area contributed by atoms with Crippen LogP contribution in [-0.4, -0.2) is 40.9 Å². The Morgan fingerprint density at radius 2 is 2.06 bits per heavy atom. The summed E-state index contributed by atoms with van der Waals surface area (Å²) in [6.07, 6.45) is 2.41. The second kappa shape index (κ2) is 5.71. The first-order valence-corrected chi connectivity index (χ1v) is 6.45. The molecule has 1 unspecified atom stereocenters. The smallest absolute Gasteiger partial charge is 0.410 e. The quantitative estimate of drug-likeness (QED) is 0.769. The molecule has 1 amide bonds. The molecule has 17 heavy (non-hydrogen) atoms. The fourth-order valence-corrected chi connectivity index (χ4v) is 2.06. The van der Waals surface area contributed by atoms with Crippen molar-refractivity contribution in [1.82, 2.24) is 4.90 Å². The van der Waals surface area contributed by atoms with E-state index in [-0.39, 0.29) is 18.1 Å². The molecule has 0 aromatic rings. The first kappa shape index (κ1) is 14.3. The summed E-state index contributed by atoms with van der Waals surface area (Å²) >= 11 is 0. The summed E-state index contributed by atoms with van der Waals surface area (Å²) in [6, 6.07) is 0. The van der Waals surface area contributed by atoms with Gasteiger partial charge in [-0.2, -0.15) is 0 Å². The Morgan fingerprint density at radius 3 is 2.59 bits per heavy atom. The molecule has 4 nitrogen and oxygen atoms in total. The van der Waals surface area contributed by atoms with Gasteiger partial charge in [-0.25, -0.2) is 4.79 Å². The Morgan fingerprint density at radius 1 is 1.41 bits per heavy atom. The molecule has 1 aliphatic heterocycles.